The molecule has 0 spiro atoms. The van der Waals surface area contributed by atoms with E-state index in [0.29, 0.717) is 11.8 Å². The molecule has 1 unspecified atom stereocenters. The molecule has 1 aromatic rings. The summed E-state index contributed by atoms with van der Waals surface area (Å²) >= 11 is 0. The summed E-state index contributed by atoms with van der Waals surface area (Å²) in [5, 5.41) is 3.42. The van der Waals surface area contributed by atoms with E-state index < -0.39 is 0 Å². The van der Waals surface area contributed by atoms with Crippen molar-refractivity contribution in [1.29, 1.82) is 0 Å². The Labute approximate surface area is 129 Å². The molecular formula is C17H31N3O. The molecule has 0 aromatic carbocycles. The Hall–Kier alpha value is -1.00. The minimum Gasteiger partial charge on any atom is -0.383 e. The first-order valence-corrected chi connectivity index (χ1v) is 7.96. The van der Waals surface area contributed by atoms with Gasteiger partial charge in [0, 0.05) is 31.5 Å². The third-order valence-corrected chi connectivity index (χ3v) is 3.59. The molecule has 1 heterocycles. The van der Waals surface area contributed by atoms with Gasteiger partial charge in [-0.3, -0.25) is 0 Å². The summed E-state index contributed by atoms with van der Waals surface area (Å²) in [6.45, 7) is 13.6. The van der Waals surface area contributed by atoms with E-state index in [1.54, 1.807) is 7.11 Å². The van der Waals surface area contributed by atoms with Crippen LogP contribution in [0.25, 0.3) is 0 Å². The van der Waals surface area contributed by atoms with Crippen LogP contribution in [0.3, 0.4) is 0 Å². The van der Waals surface area contributed by atoms with Crippen LogP contribution in [0.2, 0.25) is 0 Å². The fourth-order valence-corrected chi connectivity index (χ4v) is 2.50. The van der Waals surface area contributed by atoms with Crippen LogP contribution in [0.1, 0.15) is 43.5 Å². The number of nitrogens with zero attached hydrogens (tertiary/aromatic N) is 2. The van der Waals surface area contributed by atoms with Crippen LogP contribution in [0.15, 0.2) is 0 Å². The highest BCUT2D eigenvalue weighted by Gasteiger charge is 2.12. The van der Waals surface area contributed by atoms with Crippen molar-refractivity contribution in [2.24, 2.45) is 11.8 Å². The SMILES string of the molecule is COCCNCC(C)Cc1c(C)nc(CC(C)C)nc1C. The first-order valence-electron chi connectivity index (χ1n) is 7.96. The smallest absolute Gasteiger partial charge is 0.129 e. The molecule has 0 saturated heterocycles. The lowest BCUT2D eigenvalue weighted by atomic mass is 9.98. The van der Waals surface area contributed by atoms with Crippen LogP contribution in [-0.4, -0.2) is 36.8 Å². The monoisotopic (exact) mass is 293 g/mol. The third kappa shape index (κ3) is 6.53. The van der Waals surface area contributed by atoms with Gasteiger partial charge in [0.1, 0.15) is 5.82 Å². The minimum absolute atomic E-state index is 0.568. The minimum atomic E-state index is 0.568. The zero-order valence-electron chi connectivity index (χ0n) is 14.5. The summed E-state index contributed by atoms with van der Waals surface area (Å²) in [5.74, 6) is 2.15. The molecule has 0 aliphatic rings. The third-order valence-electron chi connectivity index (χ3n) is 3.59. The molecule has 1 aromatic heterocycles. The Kier molecular flexibility index (Phi) is 7.83. The Morgan fingerprint density at radius 3 is 2.19 bits per heavy atom. The molecule has 120 valence electrons. The fraction of sp³-hybridized carbons (Fsp3) is 0.765. The van der Waals surface area contributed by atoms with E-state index in [1.807, 2.05) is 0 Å². The molecule has 0 saturated carbocycles. The van der Waals surface area contributed by atoms with Gasteiger partial charge in [0.05, 0.1) is 6.61 Å². The van der Waals surface area contributed by atoms with Crippen molar-refractivity contribution >= 4 is 0 Å². The standard InChI is InChI=1S/C17H31N3O/c1-12(2)9-17-19-14(4)16(15(5)20-17)10-13(3)11-18-7-8-21-6/h12-13,18H,7-11H2,1-6H3. The molecule has 0 fully saturated rings. The Bertz CT molecular complexity index is 409. The van der Waals surface area contributed by atoms with E-state index in [1.165, 1.54) is 5.56 Å². The highest BCUT2D eigenvalue weighted by Crippen LogP contribution is 2.16. The van der Waals surface area contributed by atoms with Gasteiger partial charge in [0.15, 0.2) is 0 Å². The number of ether oxygens (including phenoxy) is 1. The molecule has 1 N–H and O–H groups in total. The van der Waals surface area contributed by atoms with Gasteiger partial charge in [-0.15, -0.1) is 0 Å². The van der Waals surface area contributed by atoms with E-state index >= 15 is 0 Å². The van der Waals surface area contributed by atoms with E-state index in [9.17, 15) is 0 Å². The largest absolute Gasteiger partial charge is 0.383 e. The van der Waals surface area contributed by atoms with Crippen LogP contribution < -0.4 is 5.32 Å². The van der Waals surface area contributed by atoms with Crippen LogP contribution in [0.5, 0.6) is 0 Å². The van der Waals surface area contributed by atoms with Crippen LogP contribution in [-0.2, 0) is 17.6 Å². The van der Waals surface area contributed by atoms with Crippen molar-refractivity contribution in [1.82, 2.24) is 15.3 Å². The number of methoxy groups -OCH3 is 1. The first-order chi connectivity index (χ1) is 9.93. The van der Waals surface area contributed by atoms with E-state index in [4.69, 9.17) is 4.74 Å². The maximum absolute atomic E-state index is 5.04. The van der Waals surface area contributed by atoms with Gasteiger partial charge in [-0.2, -0.15) is 0 Å². The van der Waals surface area contributed by atoms with Gasteiger partial charge in [-0.25, -0.2) is 9.97 Å². The summed E-state index contributed by atoms with van der Waals surface area (Å²) in [5.41, 5.74) is 3.59. The average Bonchev–Trinajstić information content (AvgIpc) is 2.38. The Morgan fingerprint density at radius 2 is 1.67 bits per heavy atom. The summed E-state index contributed by atoms with van der Waals surface area (Å²) in [6, 6.07) is 0. The lowest BCUT2D eigenvalue weighted by Gasteiger charge is -2.16. The second-order valence-electron chi connectivity index (χ2n) is 6.39. The quantitative estimate of drug-likeness (QED) is 0.711. The lowest BCUT2D eigenvalue weighted by molar-refractivity contribution is 0.198. The Morgan fingerprint density at radius 1 is 1.05 bits per heavy atom. The van der Waals surface area contributed by atoms with E-state index in [-0.39, 0.29) is 0 Å². The molecular weight excluding hydrogens is 262 g/mol. The van der Waals surface area contributed by atoms with Gasteiger partial charge in [-0.1, -0.05) is 20.8 Å². The summed E-state index contributed by atoms with van der Waals surface area (Å²) in [4.78, 5) is 9.37. The summed E-state index contributed by atoms with van der Waals surface area (Å²) < 4.78 is 5.04. The van der Waals surface area contributed by atoms with Crippen LogP contribution in [0.4, 0.5) is 0 Å². The zero-order valence-corrected chi connectivity index (χ0v) is 14.5. The van der Waals surface area contributed by atoms with E-state index in [2.05, 4.69) is 49.9 Å². The van der Waals surface area contributed by atoms with Crippen molar-refractivity contribution in [3.8, 4) is 0 Å². The average molecular weight is 293 g/mol. The number of nitrogens with one attached hydrogen (secondary N) is 1. The van der Waals surface area contributed by atoms with Crippen LogP contribution in [0, 0.1) is 25.7 Å². The van der Waals surface area contributed by atoms with Crippen molar-refractivity contribution < 1.29 is 4.74 Å². The maximum Gasteiger partial charge on any atom is 0.129 e. The predicted octanol–water partition coefficient (Wildman–Crippen LogP) is 2.71. The van der Waals surface area contributed by atoms with Gasteiger partial charge in [0.25, 0.3) is 0 Å². The Balaban J connectivity index is 2.62. The molecule has 1 rings (SSSR count). The van der Waals surface area contributed by atoms with Gasteiger partial charge < -0.3 is 10.1 Å². The van der Waals surface area contributed by atoms with Gasteiger partial charge in [-0.05, 0) is 44.2 Å². The van der Waals surface area contributed by atoms with Crippen LogP contribution >= 0.6 is 0 Å². The molecule has 0 aliphatic heterocycles. The maximum atomic E-state index is 5.04. The normalized spacial score (nSPS) is 12.9. The van der Waals surface area contributed by atoms with Gasteiger partial charge >= 0.3 is 0 Å². The number of aromatic nitrogens is 2. The fourth-order valence-electron chi connectivity index (χ4n) is 2.50. The topological polar surface area (TPSA) is 47.0 Å². The van der Waals surface area contributed by atoms with Crippen molar-refractivity contribution in [2.45, 2.75) is 47.5 Å². The molecule has 4 heteroatoms. The second kappa shape index (κ2) is 9.11. The molecule has 1 atom stereocenters. The molecule has 4 nitrogen and oxygen atoms in total. The highest BCUT2D eigenvalue weighted by molar-refractivity contribution is 5.25. The highest BCUT2D eigenvalue weighted by atomic mass is 16.5. The molecule has 21 heavy (non-hydrogen) atoms. The molecule has 0 bridgehead atoms. The number of hydrogen-bond acceptors (Lipinski definition) is 4. The van der Waals surface area contributed by atoms with Gasteiger partial charge in [0.2, 0.25) is 0 Å². The molecule has 0 radical (unpaired) electrons. The zero-order chi connectivity index (χ0) is 15.8. The second-order valence-corrected chi connectivity index (χ2v) is 6.39. The van der Waals surface area contributed by atoms with Crippen molar-refractivity contribution in [3.63, 3.8) is 0 Å². The molecule has 0 amide bonds. The molecule has 0 aliphatic carbocycles. The van der Waals surface area contributed by atoms with Crippen molar-refractivity contribution in [3.05, 3.63) is 22.8 Å². The van der Waals surface area contributed by atoms with Crippen molar-refractivity contribution in [2.75, 3.05) is 26.8 Å². The number of hydrogen-bond donors (Lipinski definition) is 1. The first kappa shape index (κ1) is 18.1. The predicted molar refractivity (Wildman–Crippen MR) is 87.7 cm³/mol. The lowest BCUT2D eigenvalue weighted by Crippen LogP contribution is -2.26. The van der Waals surface area contributed by atoms with E-state index in [0.717, 1.165) is 49.8 Å². The number of aryl methyl sites for hydroxylation is 2. The summed E-state index contributed by atoms with van der Waals surface area (Å²) in [7, 11) is 1.73. The summed E-state index contributed by atoms with van der Waals surface area (Å²) in [6.07, 6.45) is 1.98. The number of rotatable bonds is 9.